The number of rotatable bonds is 5. The fraction of sp³-hybridized carbons (Fsp3) is 0.278. The van der Waals surface area contributed by atoms with Gasteiger partial charge in [-0.05, 0) is 24.3 Å². The van der Waals surface area contributed by atoms with Gasteiger partial charge in [-0.25, -0.2) is 9.59 Å². The standard InChI is InChI=1S/C18H18BrNO6/c1-24-16(21)8-13-14(17(22)25-2)9-20(10-15(13)18(23)26-3)12-6-4-11(19)5-7-12/h4-7,9-10,13H,8H2,1-3H3. The lowest BCUT2D eigenvalue weighted by Crippen LogP contribution is -2.31. The molecule has 0 radical (unpaired) electrons. The van der Waals surface area contributed by atoms with Gasteiger partial charge in [-0.2, -0.15) is 0 Å². The lowest BCUT2D eigenvalue weighted by Gasteiger charge is -2.29. The molecule has 1 aliphatic heterocycles. The van der Waals surface area contributed by atoms with Crippen LogP contribution in [0.15, 0.2) is 52.3 Å². The highest BCUT2D eigenvalue weighted by atomic mass is 79.9. The highest BCUT2D eigenvalue weighted by Gasteiger charge is 2.36. The van der Waals surface area contributed by atoms with Crippen molar-refractivity contribution < 1.29 is 28.6 Å². The molecular formula is C18H18BrNO6. The summed E-state index contributed by atoms with van der Waals surface area (Å²) in [6.45, 7) is 0. The Labute approximate surface area is 159 Å². The number of halogens is 1. The third-order valence-corrected chi connectivity index (χ3v) is 4.40. The zero-order chi connectivity index (χ0) is 19.3. The van der Waals surface area contributed by atoms with Crippen molar-refractivity contribution in [1.82, 2.24) is 0 Å². The molecule has 8 heteroatoms. The Morgan fingerprint density at radius 1 is 0.923 bits per heavy atom. The second-order valence-corrected chi connectivity index (χ2v) is 6.28. The van der Waals surface area contributed by atoms with E-state index in [4.69, 9.17) is 9.47 Å². The van der Waals surface area contributed by atoms with Crippen molar-refractivity contribution in [3.05, 3.63) is 52.3 Å². The number of benzene rings is 1. The molecule has 1 aromatic rings. The molecule has 0 bridgehead atoms. The van der Waals surface area contributed by atoms with Gasteiger partial charge in [0.05, 0.1) is 38.9 Å². The van der Waals surface area contributed by atoms with Crippen LogP contribution in [0, 0.1) is 5.92 Å². The Morgan fingerprint density at radius 2 is 1.42 bits per heavy atom. The molecule has 0 saturated carbocycles. The van der Waals surface area contributed by atoms with Crippen molar-refractivity contribution in [3.63, 3.8) is 0 Å². The van der Waals surface area contributed by atoms with Crippen LogP contribution in [0.3, 0.4) is 0 Å². The lowest BCUT2D eigenvalue weighted by atomic mass is 9.86. The van der Waals surface area contributed by atoms with Crippen LogP contribution in [0.4, 0.5) is 5.69 Å². The molecule has 1 aromatic carbocycles. The van der Waals surface area contributed by atoms with E-state index in [-0.39, 0.29) is 17.6 Å². The number of nitrogens with zero attached hydrogens (tertiary/aromatic N) is 1. The van der Waals surface area contributed by atoms with Gasteiger partial charge in [0.15, 0.2) is 0 Å². The molecule has 0 N–H and O–H groups in total. The average Bonchev–Trinajstić information content (AvgIpc) is 2.67. The molecule has 0 fully saturated rings. The first-order valence-electron chi connectivity index (χ1n) is 7.62. The maximum atomic E-state index is 12.3. The van der Waals surface area contributed by atoms with E-state index >= 15 is 0 Å². The normalized spacial score (nSPS) is 14.2. The van der Waals surface area contributed by atoms with Gasteiger partial charge in [-0.1, -0.05) is 15.9 Å². The minimum Gasteiger partial charge on any atom is -0.469 e. The molecule has 2 rings (SSSR count). The molecule has 0 aromatic heterocycles. The minimum absolute atomic E-state index is 0.156. The highest BCUT2D eigenvalue weighted by Crippen LogP contribution is 2.34. The Kier molecular flexibility index (Phi) is 6.57. The number of hydrogen-bond donors (Lipinski definition) is 0. The second kappa shape index (κ2) is 8.66. The van der Waals surface area contributed by atoms with Crippen molar-refractivity contribution in [3.8, 4) is 0 Å². The molecule has 1 aliphatic rings. The minimum atomic E-state index is -0.825. The fourth-order valence-electron chi connectivity index (χ4n) is 2.54. The van der Waals surface area contributed by atoms with Crippen LogP contribution in [0.1, 0.15) is 6.42 Å². The molecule has 138 valence electrons. The smallest absolute Gasteiger partial charge is 0.335 e. The maximum absolute atomic E-state index is 12.3. The summed E-state index contributed by atoms with van der Waals surface area (Å²) >= 11 is 3.36. The van der Waals surface area contributed by atoms with Crippen LogP contribution < -0.4 is 4.90 Å². The monoisotopic (exact) mass is 423 g/mol. The van der Waals surface area contributed by atoms with Gasteiger partial charge in [0, 0.05) is 28.5 Å². The molecule has 26 heavy (non-hydrogen) atoms. The van der Waals surface area contributed by atoms with E-state index in [9.17, 15) is 14.4 Å². The van der Waals surface area contributed by atoms with E-state index in [1.54, 1.807) is 4.90 Å². The second-order valence-electron chi connectivity index (χ2n) is 5.37. The number of anilines is 1. The summed E-state index contributed by atoms with van der Waals surface area (Å²) < 4.78 is 15.2. The van der Waals surface area contributed by atoms with Crippen molar-refractivity contribution in [2.45, 2.75) is 6.42 Å². The first kappa shape index (κ1) is 19.7. The van der Waals surface area contributed by atoms with E-state index in [2.05, 4.69) is 20.7 Å². The van der Waals surface area contributed by atoms with Gasteiger partial charge >= 0.3 is 17.9 Å². The van der Waals surface area contributed by atoms with Crippen molar-refractivity contribution >= 4 is 39.5 Å². The van der Waals surface area contributed by atoms with E-state index in [0.717, 1.165) is 4.47 Å². The van der Waals surface area contributed by atoms with Crippen molar-refractivity contribution in [2.75, 3.05) is 26.2 Å². The summed E-state index contributed by atoms with van der Waals surface area (Å²) in [5, 5.41) is 0. The quantitative estimate of drug-likeness (QED) is 0.531. The summed E-state index contributed by atoms with van der Waals surface area (Å²) in [5.41, 5.74) is 1.03. The molecule has 0 amide bonds. The summed E-state index contributed by atoms with van der Waals surface area (Å²) in [4.78, 5) is 37.9. The van der Waals surface area contributed by atoms with Crippen molar-refractivity contribution in [1.29, 1.82) is 0 Å². The van der Waals surface area contributed by atoms with Gasteiger partial charge in [0.25, 0.3) is 0 Å². The average molecular weight is 424 g/mol. The molecule has 0 atom stereocenters. The van der Waals surface area contributed by atoms with E-state index in [1.165, 1.54) is 33.7 Å². The van der Waals surface area contributed by atoms with Gasteiger partial charge in [-0.15, -0.1) is 0 Å². The number of methoxy groups -OCH3 is 3. The maximum Gasteiger partial charge on any atom is 0.335 e. The van der Waals surface area contributed by atoms with Crippen LogP contribution in [-0.4, -0.2) is 39.2 Å². The Morgan fingerprint density at radius 3 is 1.85 bits per heavy atom. The predicted molar refractivity (Wildman–Crippen MR) is 96.9 cm³/mol. The topological polar surface area (TPSA) is 82.1 Å². The first-order chi connectivity index (χ1) is 12.4. The van der Waals surface area contributed by atoms with E-state index in [1.807, 2.05) is 24.3 Å². The summed E-state index contributed by atoms with van der Waals surface area (Å²) in [6, 6.07) is 7.27. The van der Waals surface area contributed by atoms with E-state index in [0.29, 0.717) is 5.69 Å². The largest absolute Gasteiger partial charge is 0.469 e. The third kappa shape index (κ3) is 4.32. The molecule has 0 saturated heterocycles. The van der Waals surface area contributed by atoms with Gasteiger partial charge in [-0.3, -0.25) is 4.79 Å². The molecule has 0 unspecified atom stereocenters. The Bertz CT molecular complexity index is 734. The Balaban J connectivity index is 2.53. The van der Waals surface area contributed by atoms with Gasteiger partial charge in [0.1, 0.15) is 0 Å². The van der Waals surface area contributed by atoms with E-state index < -0.39 is 23.8 Å². The number of esters is 3. The third-order valence-electron chi connectivity index (χ3n) is 3.87. The van der Waals surface area contributed by atoms with Crippen LogP contribution in [-0.2, 0) is 28.6 Å². The zero-order valence-electron chi connectivity index (χ0n) is 14.5. The summed E-state index contributed by atoms with van der Waals surface area (Å²) in [6.07, 6.45) is 2.89. The van der Waals surface area contributed by atoms with Crippen molar-refractivity contribution in [2.24, 2.45) is 5.92 Å². The predicted octanol–water partition coefficient (Wildman–Crippen LogP) is 2.56. The summed E-state index contributed by atoms with van der Waals surface area (Å²) in [5.74, 6) is -2.67. The van der Waals surface area contributed by atoms with Crippen LogP contribution in [0.25, 0.3) is 0 Å². The number of carbonyl (C=O) groups excluding carboxylic acids is 3. The fourth-order valence-corrected chi connectivity index (χ4v) is 2.81. The molecule has 7 nitrogen and oxygen atoms in total. The lowest BCUT2D eigenvalue weighted by molar-refractivity contribution is -0.142. The molecule has 0 spiro atoms. The SMILES string of the molecule is COC(=O)CC1C(C(=O)OC)=CN(c2ccc(Br)cc2)C=C1C(=O)OC. The molecular weight excluding hydrogens is 406 g/mol. The van der Waals surface area contributed by atoms with Crippen LogP contribution in [0.2, 0.25) is 0 Å². The zero-order valence-corrected chi connectivity index (χ0v) is 16.1. The first-order valence-corrected chi connectivity index (χ1v) is 8.41. The molecule has 1 heterocycles. The number of carbonyl (C=O) groups is 3. The van der Waals surface area contributed by atoms with Gasteiger partial charge in [0.2, 0.25) is 0 Å². The molecule has 0 aliphatic carbocycles. The van der Waals surface area contributed by atoms with Crippen LogP contribution >= 0.6 is 15.9 Å². The van der Waals surface area contributed by atoms with Gasteiger partial charge < -0.3 is 19.1 Å². The Hall–Kier alpha value is -2.61. The summed E-state index contributed by atoms with van der Waals surface area (Å²) in [7, 11) is 3.71. The van der Waals surface area contributed by atoms with Crippen LogP contribution in [0.5, 0.6) is 0 Å². The number of hydrogen-bond acceptors (Lipinski definition) is 7. The highest BCUT2D eigenvalue weighted by molar-refractivity contribution is 9.10. The number of ether oxygens (including phenoxy) is 3.